The van der Waals surface area contributed by atoms with Crippen molar-refractivity contribution in [1.29, 1.82) is 0 Å². The third kappa shape index (κ3) is 5.14. The molecule has 0 bridgehead atoms. The maximum Gasteiger partial charge on any atom is 0.164 e. The summed E-state index contributed by atoms with van der Waals surface area (Å²) in [5, 5.41) is 2.59. The van der Waals surface area contributed by atoms with Gasteiger partial charge in [0.15, 0.2) is 17.5 Å². The van der Waals surface area contributed by atoms with Crippen LogP contribution in [0, 0.1) is 0 Å². The van der Waals surface area contributed by atoms with Crippen molar-refractivity contribution >= 4 is 31.5 Å². The first-order chi connectivity index (χ1) is 30.7. The molecule has 0 saturated heterocycles. The van der Waals surface area contributed by atoms with Gasteiger partial charge in [-0.3, -0.25) is 0 Å². The summed E-state index contributed by atoms with van der Waals surface area (Å²) < 4.78 is 2.60. The lowest BCUT2D eigenvalue weighted by atomic mass is 9.70. The predicted molar refractivity (Wildman–Crippen MR) is 256 cm³/mol. The van der Waals surface area contributed by atoms with E-state index < -0.39 is 5.41 Å². The Kier molecular flexibility index (Phi) is 7.69. The normalized spacial score (nSPS) is 13.0. The van der Waals surface area contributed by atoms with Crippen molar-refractivity contribution < 1.29 is 0 Å². The summed E-state index contributed by atoms with van der Waals surface area (Å²) >= 11 is 1.85. The molecule has 0 radical (unpaired) electrons. The Labute approximate surface area is 363 Å². The van der Waals surface area contributed by atoms with E-state index in [1.165, 1.54) is 70.2 Å². The Morgan fingerprint density at radius 1 is 0.290 bits per heavy atom. The van der Waals surface area contributed by atoms with E-state index in [0.717, 1.165) is 33.4 Å². The first-order valence-corrected chi connectivity index (χ1v) is 21.9. The molecule has 0 unspecified atom stereocenters. The van der Waals surface area contributed by atoms with Crippen LogP contribution in [-0.2, 0) is 5.41 Å². The number of hydrogen-bond donors (Lipinski definition) is 0. The van der Waals surface area contributed by atoms with Crippen molar-refractivity contribution in [3.05, 3.63) is 235 Å². The average molecular weight is 806 g/mol. The van der Waals surface area contributed by atoms with Crippen LogP contribution in [0.5, 0.6) is 0 Å². The largest absolute Gasteiger partial charge is 0.208 e. The zero-order valence-corrected chi connectivity index (χ0v) is 34.3. The molecule has 288 valence electrons. The Balaban J connectivity index is 0.980. The second-order valence-electron chi connectivity index (χ2n) is 16.3. The Morgan fingerprint density at radius 3 is 1.47 bits per heavy atom. The van der Waals surface area contributed by atoms with E-state index in [2.05, 4.69) is 206 Å². The highest BCUT2D eigenvalue weighted by Crippen LogP contribution is 2.63. The lowest BCUT2D eigenvalue weighted by Crippen LogP contribution is -2.25. The molecule has 0 fully saturated rings. The molecule has 2 aliphatic rings. The van der Waals surface area contributed by atoms with Crippen molar-refractivity contribution in [3.63, 3.8) is 0 Å². The molecule has 0 saturated carbocycles. The SMILES string of the molecule is c1ccc(-c2cccc(-c3nc(-c4ccc(-c5cccc6sc7ccccc7c56)cc4)nc(-c4ccc5c(c4)-c4ccccc4C54c5ccccc5-c5ccccc54)n3)c2)cc1. The van der Waals surface area contributed by atoms with Gasteiger partial charge in [-0.15, -0.1) is 11.3 Å². The second kappa shape index (κ2) is 13.6. The summed E-state index contributed by atoms with van der Waals surface area (Å²) in [5.74, 6) is 1.91. The summed E-state index contributed by atoms with van der Waals surface area (Å²) in [6.07, 6.45) is 0. The van der Waals surface area contributed by atoms with Crippen LogP contribution in [0.25, 0.3) is 98.8 Å². The van der Waals surface area contributed by atoms with Gasteiger partial charge in [0, 0.05) is 36.9 Å². The van der Waals surface area contributed by atoms with Crippen LogP contribution in [0.3, 0.4) is 0 Å². The van der Waals surface area contributed by atoms with E-state index in [9.17, 15) is 0 Å². The molecule has 0 N–H and O–H groups in total. The Bertz CT molecular complexity index is 3540. The minimum Gasteiger partial charge on any atom is -0.208 e. The van der Waals surface area contributed by atoms with Gasteiger partial charge in [0.25, 0.3) is 0 Å². The maximum absolute atomic E-state index is 5.29. The Hall–Kier alpha value is -7.79. The zero-order valence-electron chi connectivity index (χ0n) is 33.5. The van der Waals surface area contributed by atoms with Crippen LogP contribution in [0.1, 0.15) is 22.3 Å². The zero-order chi connectivity index (χ0) is 40.8. The van der Waals surface area contributed by atoms with Crippen molar-refractivity contribution in [2.45, 2.75) is 5.41 Å². The van der Waals surface area contributed by atoms with Crippen molar-refractivity contribution in [2.75, 3.05) is 0 Å². The molecule has 4 heteroatoms. The number of rotatable bonds is 5. The summed E-state index contributed by atoms with van der Waals surface area (Å²) in [6, 6.07) is 76.7. The van der Waals surface area contributed by atoms with Crippen LogP contribution in [0.4, 0.5) is 0 Å². The van der Waals surface area contributed by atoms with Gasteiger partial charge < -0.3 is 0 Å². The van der Waals surface area contributed by atoms with Gasteiger partial charge in [-0.2, -0.15) is 0 Å². The van der Waals surface area contributed by atoms with Gasteiger partial charge in [0.2, 0.25) is 0 Å². The van der Waals surface area contributed by atoms with Crippen molar-refractivity contribution in [2.24, 2.45) is 0 Å². The molecular formula is C58H35N3S. The quantitative estimate of drug-likeness (QED) is 0.174. The van der Waals surface area contributed by atoms with E-state index in [0.29, 0.717) is 17.5 Å². The summed E-state index contributed by atoms with van der Waals surface area (Å²) in [5.41, 5.74) is 17.4. The van der Waals surface area contributed by atoms with Gasteiger partial charge in [0.05, 0.1) is 5.41 Å². The van der Waals surface area contributed by atoms with Crippen LogP contribution in [0.2, 0.25) is 0 Å². The molecule has 9 aromatic carbocycles. The molecule has 2 heterocycles. The summed E-state index contributed by atoms with van der Waals surface area (Å²) in [4.78, 5) is 15.8. The van der Waals surface area contributed by atoms with Gasteiger partial charge in [-0.05, 0) is 91.0 Å². The van der Waals surface area contributed by atoms with E-state index in [1.807, 2.05) is 17.4 Å². The lowest BCUT2D eigenvalue weighted by molar-refractivity contribution is 0.794. The van der Waals surface area contributed by atoms with Crippen LogP contribution in [0.15, 0.2) is 212 Å². The minimum atomic E-state index is -0.410. The fourth-order valence-corrected chi connectivity index (χ4v) is 11.4. The summed E-state index contributed by atoms with van der Waals surface area (Å²) in [7, 11) is 0. The van der Waals surface area contributed by atoms with Gasteiger partial charge in [-0.25, -0.2) is 15.0 Å². The number of hydrogen-bond acceptors (Lipinski definition) is 4. The van der Waals surface area contributed by atoms with Crippen LogP contribution in [-0.4, -0.2) is 15.0 Å². The van der Waals surface area contributed by atoms with E-state index >= 15 is 0 Å². The molecule has 0 amide bonds. The molecule has 11 aromatic rings. The first-order valence-electron chi connectivity index (χ1n) is 21.1. The average Bonchev–Trinajstić information content (AvgIpc) is 3.98. The lowest BCUT2D eigenvalue weighted by Gasteiger charge is -2.30. The first kappa shape index (κ1) is 35.0. The number of fused-ring (bicyclic) bond motifs is 13. The van der Waals surface area contributed by atoms with Gasteiger partial charge in [0.1, 0.15) is 0 Å². The topological polar surface area (TPSA) is 38.7 Å². The van der Waals surface area contributed by atoms with E-state index in [1.54, 1.807) is 0 Å². The molecule has 3 nitrogen and oxygen atoms in total. The van der Waals surface area contributed by atoms with E-state index in [4.69, 9.17) is 15.0 Å². The van der Waals surface area contributed by atoms with Crippen LogP contribution < -0.4 is 0 Å². The fraction of sp³-hybridized carbons (Fsp3) is 0.0172. The van der Waals surface area contributed by atoms with Crippen LogP contribution >= 0.6 is 11.3 Å². The highest BCUT2D eigenvalue weighted by atomic mass is 32.1. The number of benzene rings is 9. The monoisotopic (exact) mass is 805 g/mol. The molecule has 62 heavy (non-hydrogen) atoms. The number of nitrogens with zero attached hydrogens (tertiary/aromatic N) is 3. The standard InChI is InChI=1S/C58H35N3S/c1-2-14-36(15-3-1)39-16-12-17-40(34-39)56-59-55(38-30-28-37(29-31-38)42-22-13-27-53-54(42)46-21-7-11-26-52(46)62-53)60-57(61-56)41-32-33-51-47(35-41)45-20-6-10-25-50(45)58(51)48-23-8-4-18-43(48)44-19-5-9-24-49(44)58/h1-35H. The minimum absolute atomic E-state index is 0.410. The van der Waals surface area contributed by atoms with Gasteiger partial charge >= 0.3 is 0 Å². The van der Waals surface area contributed by atoms with E-state index in [-0.39, 0.29) is 0 Å². The highest BCUT2D eigenvalue weighted by molar-refractivity contribution is 7.25. The Morgan fingerprint density at radius 2 is 0.758 bits per heavy atom. The molecule has 0 atom stereocenters. The maximum atomic E-state index is 5.29. The molecule has 13 rings (SSSR count). The highest BCUT2D eigenvalue weighted by Gasteiger charge is 2.51. The molecule has 2 aromatic heterocycles. The molecule has 2 aliphatic carbocycles. The second-order valence-corrected chi connectivity index (χ2v) is 17.3. The number of aromatic nitrogens is 3. The molecule has 0 aliphatic heterocycles. The number of thiophene rings is 1. The van der Waals surface area contributed by atoms with Gasteiger partial charge in [-0.1, -0.05) is 188 Å². The molecular weight excluding hydrogens is 771 g/mol. The smallest absolute Gasteiger partial charge is 0.164 e. The van der Waals surface area contributed by atoms with Crippen molar-refractivity contribution in [1.82, 2.24) is 15.0 Å². The summed E-state index contributed by atoms with van der Waals surface area (Å²) in [6.45, 7) is 0. The van der Waals surface area contributed by atoms with Crippen molar-refractivity contribution in [3.8, 4) is 78.7 Å². The third-order valence-electron chi connectivity index (χ3n) is 13.0. The predicted octanol–water partition coefficient (Wildman–Crippen LogP) is 14.9. The third-order valence-corrected chi connectivity index (χ3v) is 14.1. The molecule has 1 spiro atoms. The fourth-order valence-electron chi connectivity index (χ4n) is 10.3.